The maximum atomic E-state index is 12.1. The minimum atomic E-state index is -0.591. The van der Waals surface area contributed by atoms with Crippen molar-refractivity contribution in [2.75, 3.05) is 20.2 Å². The van der Waals surface area contributed by atoms with E-state index in [2.05, 4.69) is 10.6 Å². The van der Waals surface area contributed by atoms with Gasteiger partial charge >= 0.3 is 0 Å². The molecular formula is C14H19ClN2O3. The Hall–Kier alpha value is -1.30. The third-order valence-corrected chi connectivity index (χ3v) is 3.50. The zero-order valence-corrected chi connectivity index (χ0v) is 12.3. The molecular weight excluding hydrogens is 280 g/mol. The van der Waals surface area contributed by atoms with Gasteiger partial charge in [-0.1, -0.05) is 17.7 Å². The Morgan fingerprint density at radius 3 is 3.00 bits per heavy atom. The van der Waals surface area contributed by atoms with Crippen LogP contribution in [0.3, 0.4) is 0 Å². The zero-order chi connectivity index (χ0) is 14.5. The third-order valence-electron chi connectivity index (χ3n) is 3.27. The van der Waals surface area contributed by atoms with Crippen molar-refractivity contribution in [3.8, 4) is 5.75 Å². The van der Waals surface area contributed by atoms with Gasteiger partial charge in [0.15, 0.2) is 6.10 Å². The summed E-state index contributed by atoms with van der Waals surface area (Å²) in [5, 5.41) is 6.69. The summed E-state index contributed by atoms with van der Waals surface area (Å²) in [7, 11) is 1.64. The van der Waals surface area contributed by atoms with Crippen molar-refractivity contribution in [2.45, 2.75) is 25.2 Å². The van der Waals surface area contributed by atoms with Gasteiger partial charge in [-0.2, -0.15) is 0 Å². The SMILES string of the molecule is CO[C@H]1CNCC1NC(=O)C(C)Oc1cccc(Cl)c1. The Kier molecular flexibility index (Phi) is 5.23. The van der Waals surface area contributed by atoms with Crippen molar-refractivity contribution in [1.29, 1.82) is 0 Å². The van der Waals surface area contributed by atoms with E-state index in [4.69, 9.17) is 21.1 Å². The highest BCUT2D eigenvalue weighted by Gasteiger charge is 2.29. The molecule has 2 N–H and O–H groups in total. The summed E-state index contributed by atoms with van der Waals surface area (Å²) in [6.07, 6.45) is -0.594. The lowest BCUT2D eigenvalue weighted by Crippen LogP contribution is -2.48. The van der Waals surface area contributed by atoms with Crippen molar-refractivity contribution < 1.29 is 14.3 Å². The number of methoxy groups -OCH3 is 1. The van der Waals surface area contributed by atoms with Crippen molar-refractivity contribution in [2.24, 2.45) is 0 Å². The average Bonchev–Trinajstić information content (AvgIpc) is 2.85. The summed E-state index contributed by atoms with van der Waals surface area (Å²) in [5.74, 6) is 0.411. The van der Waals surface area contributed by atoms with Crippen LogP contribution in [0.4, 0.5) is 0 Å². The molecule has 0 spiro atoms. The molecule has 1 aromatic carbocycles. The van der Waals surface area contributed by atoms with Gasteiger partial charge in [-0.15, -0.1) is 0 Å². The van der Waals surface area contributed by atoms with Crippen LogP contribution in [-0.4, -0.2) is 44.4 Å². The summed E-state index contributed by atoms with van der Waals surface area (Å²) in [6, 6.07) is 6.96. The summed E-state index contributed by atoms with van der Waals surface area (Å²) in [6.45, 7) is 3.15. The number of amides is 1. The average molecular weight is 299 g/mol. The number of rotatable bonds is 5. The van der Waals surface area contributed by atoms with E-state index in [0.29, 0.717) is 17.3 Å². The number of benzene rings is 1. The molecule has 6 heteroatoms. The molecule has 3 atom stereocenters. The molecule has 20 heavy (non-hydrogen) atoms. The second-order valence-electron chi connectivity index (χ2n) is 4.76. The molecule has 110 valence electrons. The molecule has 2 rings (SSSR count). The van der Waals surface area contributed by atoms with Crippen LogP contribution in [0.2, 0.25) is 5.02 Å². The fraction of sp³-hybridized carbons (Fsp3) is 0.500. The Morgan fingerprint density at radius 1 is 1.50 bits per heavy atom. The summed E-state index contributed by atoms with van der Waals surface area (Å²) >= 11 is 5.88. The first-order valence-corrected chi connectivity index (χ1v) is 6.94. The van der Waals surface area contributed by atoms with Gasteiger partial charge in [0.1, 0.15) is 5.75 Å². The topological polar surface area (TPSA) is 59.6 Å². The van der Waals surface area contributed by atoms with Crippen LogP contribution in [0, 0.1) is 0 Å². The highest BCUT2D eigenvalue weighted by Crippen LogP contribution is 2.18. The Morgan fingerprint density at radius 2 is 2.30 bits per heavy atom. The highest BCUT2D eigenvalue weighted by molar-refractivity contribution is 6.30. The van der Waals surface area contributed by atoms with Gasteiger partial charge in [-0.05, 0) is 25.1 Å². The maximum Gasteiger partial charge on any atom is 0.261 e. The second kappa shape index (κ2) is 6.92. The van der Waals surface area contributed by atoms with Gasteiger partial charge in [-0.3, -0.25) is 4.79 Å². The van der Waals surface area contributed by atoms with Crippen LogP contribution in [0.25, 0.3) is 0 Å². The normalized spacial score (nSPS) is 23.4. The van der Waals surface area contributed by atoms with Crippen LogP contribution in [0.15, 0.2) is 24.3 Å². The first kappa shape index (κ1) is 15.1. The number of hydrogen-bond donors (Lipinski definition) is 2. The van der Waals surface area contributed by atoms with E-state index in [9.17, 15) is 4.79 Å². The van der Waals surface area contributed by atoms with Gasteiger partial charge in [-0.25, -0.2) is 0 Å². The molecule has 2 unspecified atom stereocenters. The number of ether oxygens (including phenoxy) is 2. The lowest BCUT2D eigenvalue weighted by Gasteiger charge is -2.21. The zero-order valence-electron chi connectivity index (χ0n) is 11.6. The number of halogens is 1. The highest BCUT2D eigenvalue weighted by atomic mass is 35.5. The van der Waals surface area contributed by atoms with Crippen LogP contribution in [0.5, 0.6) is 5.75 Å². The van der Waals surface area contributed by atoms with Crippen molar-refractivity contribution in [3.63, 3.8) is 0 Å². The van der Waals surface area contributed by atoms with Crippen LogP contribution >= 0.6 is 11.6 Å². The summed E-state index contributed by atoms with van der Waals surface area (Å²) in [4.78, 5) is 12.1. The monoisotopic (exact) mass is 298 g/mol. The quantitative estimate of drug-likeness (QED) is 0.858. The predicted molar refractivity (Wildman–Crippen MR) is 77.1 cm³/mol. The summed E-state index contributed by atoms with van der Waals surface area (Å²) < 4.78 is 10.9. The van der Waals surface area contributed by atoms with Crippen molar-refractivity contribution >= 4 is 17.5 Å². The van der Waals surface area contributed by atoms with Gasteiger partial charge in [0.25, 0.3) is 5.91 Å². The van der Waals surface area contributed by atoms with E-state index in [1.807, 2.05) is 0 Å². The van der Waals surface area contributed by atoms with Gasteiger partial charge in [0.05, 0.1) is 12.1 Å². The van der Waals surface area contributed by atoms with E-state index in [-0.39, 0.29) is 18.1 Å². The molecule has 0 aromatic heterocycles. The number of carbonyl (C=O) groups is 1. The number of hydrogen-bond acceptors (Lipinski definition) is 4. The number of nitrogens with one attached hydrogen (secondary N) is 2. The minimum absolute atomic E-state index is 0.00248. The largest absolute Gasteiger partial charge is 0.481 e. The Balaban J connectivity index is 1.89. The molecule has 5 nitrogen and oxygen atoms in total. The van der Waals surface area contributed by atoms with E-state index < -0.39 is 6.10 Å². The second-order valence-corrected chi connectivity index (χ2v) is 5.20. The van der Waals surface area contributed by atoms with Crippen LogP contribution in [0.1, 0.15) is 6.92 Å². The third kappa shape index (κ3) is 3.85. The minimum Gasteiger partial charge on any atom is -0.481 e. The summed E-state index contributed by atoms with van der Waals surface area (Å²) in [5.41, 5.74) is 0. The van der Waals surface area contributed by atoms with E-state index >= 15 is 0 Å². The molecule has 1 fully saturated rings. The molecule has 0 saturated carbocycles. The van der Waals surface area contributed by atoms with Crippen molar-refractivity contribution in [3.05, 3.63) is 29.3 Å². The Bertz CT molecular complexity index is 469. The molecule has 0 bridgehead atoms. The fourth-order valence-corrected chi connectivity index (χ4v) is 2.32. The first-order chi connectivity index (χ1) is 9.60. The first-order valence-electron chi connectivity index (χ1n) is 6.56. The fourth-order valence-electron chi connectivity index (χ4n) is 2.14. The number of carbonyl (C=O) groups excluding carboxylic acids is 1. The molecule has 1 amide bonds. The van der Waals surface area contributed by atoms with Crippen molar-refractivity contribution in [1.82, 2.24) is 10.6 Å². The smallest absolute Gasteiger partial charge is 0.261 e. The molecule has 1 aromatic rings. The predicted octanol–water partition coefficient (Wildman–Crippen LogP) is 1.21. The lowest BCUT2D eigenvalue weighted by molar-refractivity contribution is -0.128. The maximum absolute atomic E-state index is 12.1. The van der Waals surface area contributed by atoms with Crippen LogP contribution in [-0.2, 0) is 9.53 Å². The van der Waals surface area contributed by atoms with E-state index in [0.717, 1.165) is 6.54 Å². The van der Waals surface area contributed by atoms with Gasteiger partial charge in [0.2, 0.25) is 0 Å². The Labute approximate surface area is 123 Å². The molecule has 1 aliphatic rings. The standard InChI is InChI=1S/C14H19ClN2O3/c1-9(20-11-5-3-4-10(15)6-11)14(18)17-12-7-16-8-13(12)19-2/h3-6,9,12-13,16H,7-8H2,1-2H3,(H,17,18)/t9?,12?,13-/m0/s1. The van der Waals surface area contributed by atoms with Gasteiger partial charge < -0.3 is 20.1 Å². The molecule has 0 aliphatic carbocycles. The molecule has 1 saturated heterocycles. The molecule has 1 heterocycles. The van der Waals surface area contributed by atoms with Crippen LogP contribution < -0.4 is 15.4 Å². The van der Waals surface area contributed by atoms with E-state index in [1.54, 1.807) is 38.3 Å². The lowest BCUT2D eigenvalue weighted by atomic mass is 10.2. The molecule has 1 aliphatic heterocycles. The van der Waals surface area contributed by atoms with Gasteiger partial charge in [0, 0.05) is 25.2 Å². The molecule has 0 radical (unpaired) electrons. The van der Waals surface area contributed by atoms with E-state index in [1.165, 1.54) is 0 Å².